The van der Waals surface area contributed by atoms with Gasteiger partial charge in [0, 0.05) is 27.1 Å². The summed E-state index contributed by atoms with van der Waals surface area (Å²) in [6.07, 6.45) is 0.841. The van der Waals surface area contributed by atoms with Gasteiger partial charge in [-0.25, -0.2) is 4.98 Å². The Morgan fingerprint density at radius 2 is 1.94 bits per heavy atom. The number of aromatic nitrogens is 2. The maximum absolute atomic E-state index is 14.0. The molecule has 0 bridgehead atoms. The molecule has 0 saturated carbocycles. The van der Waals surface area contributed by atoms with Crippen LogP contribution in [0, 0.1) is 12.8 Å². The van der Waals surface area contributed by atoms with Crippen LogP contribution in [0.2, 0.25) is 10.0 Å². The first-order valence-corrected chi connectivity index (χ1v) is 13.7. The minimum absolute atomic E-state index is 0.0368. The number of fused-ring (bicyclic) bond motifs is 3. The van der Waals surface area contributed by atoms with E-state index in [0.717, 1.165) is 43.9 Å². The minimum atomic E-state index is -0.0368. The third-order valence-electron chi connectivity index (χ3n) is 6.12. The predicted octanol–water partition coefficient (Wildman–Crippen LogP) is 7.45. The van der Waals surface area contributed by atoms with Gasteiger partial charge < -0.3 is 4.74 Å². The molecular weight excluding hydrogens is 507 g/mol. The highest BCUT2D eigenvalue weighted by molar-refractivity contribution is 7.98. The van der Waals surface area contributed by atoms with Gasteiger partial charge in [-0.15, -0.1) is 11.3 Å². The Labute approximate surface area is 216 Å². The maximum Gasteiger partial charge on any atom is 0.267 e. The van der Waals surface area contributed by atoms with Crippen molar-refractivity contribution >= 4 is 56.5 Å². The highest BCUT2D eigenvalue weighted by Gasteiger charge is 2.29. The first-order valence-electron chi connectivity index (χ1n) is 11.1. The fourth-order valence-electron chi connectivity index (χ4n) is 4.23. The van der Waals surface area contributed by atoms with Crippen molar-refractivity contribution in [2.24, 2.45) is 5.92 Å². The van der Waals surface area contributed by atoms with Crippen molar-refractivity contribution in [3.8, 4) is 5.69 Å². The lowest BCUT2D eigenvalue weighted by Gasteiger charge is -2.26. The molecule has 176 valence electrons. The van der Waals surface area contributed by atoms with E-state index in [1.165, 1.54) is 11.8 Å². The van der Waals surface area contributed by atoms with Gasteiger partial charge in [0.05, 0.1) is 23.8 Å². The molecule has 0 aliphatic carbocycles. The number of hydrogen-bond acceptors (Lipinski definition) is 5. The van der Waals surface area contributed by atoms with E-state index < -0.39 is 0 Å². The Bertz CT molecular complexity index is 1420. The lowest BCUT2D eigenvalue weighted by Crippen LogP contribution is -2.28. The maximum atomic E-state index is 14.0. The van der Waals surface area contributed by atoms with Crippen LogP contribution in [0.15, 0.2) is 52.4 Å². The van der Waals surface area contributed by atoms with Crippen LogP contribution in [0.25, 0.3) is 15.9 Å². The predicted molar refractivity (Wildman–Crippen MR) is 143 cm³/mol. The highest BCUT2D eigenvalue weighted by atomic mass is 35.5. The number of thioether (sulfide) groups is 1. The first-order chi connectivity index (χ1) is 16.3. The Morgan fingerprint density at radius 3 is 2.65 bits per heavy atom. The SMILES string of the molecule is Cc1cccc(-n2c(SCc3c(Cl)cccc3Cl)nc3sc4c(c3c2=O)C[C@@H](C(C)C)OC4)c1. The molecule has 0 saturated heterocycles. The van der Waals surface area contributed by atoms with Crippen LogP contribution < -0.4 is 5.56 Å². The fraction of sp³-hybridized carbons (Fsp3) is 0.308. The molecule has 0 spiro atoms. The van der Waals surface area contributed by atoms with Gasteiger partial charge in [-0.2, -0.15) is 0 Å². The van der Waals surface area contributed by atoms with E-state index in [1.54, 1.807) is 15.9 Å². The molecule has 2 aromatic carbocycles. The number of hydrogen-bond donors (Lipinski definition) is 0. The second kappa shape index (κ2) is 9.67. The van der Waals surface area contributed by atoms with Gasteiger partial charge in [0.15, 0.2) is 5.16 Å². The molecule has 0 radical (unpaired) electrons. The van der Waals surface area contributed by atoms with Crippen molar-refractivity contribution in [2.75, 3.05) is 0 Å². The van der Waals surface area contributed by atoms with Gasteiger partial charge in [0.25, 0.3) is 5.56 Å². The molecule has 4 nitrogen and oxygen atoms in total. The summed E-state index contributed by atoms with van der Waals surface area (Å²) >= 11 is 15.8. The average Bonchev–Trinajstić information content (AvgIpc) is 3.16. The summed E-state index contributed by atoms with van der Waals surface area (Å²) in [6, 6.07) is 13.4. The quantitative estimate of drug-likeness (QED) is 0.198. The standard InChI is InChI=1S/C26H24Cl2N2O2S2/c1-14(2)21-11-17-22(12-32-21)34-24-23(17)25(31)30(16-7-4-6-15(3)10-16)26(29-24)33-13-18-19(27)8-5-9-20(18)28/h4-10,14,21H,11-13H2,1-3H3/t21-/m0/s1. The molecule has 0 fully saturated rings. The highest BCUT2D eigenvalue weighted by Crippen LogP contribution is 2.37. The monoisotopic (exact) mass is 530 g/mol. The Balaban J connectivity index is 1.67. The summed E-state index contributed by atoms with van der Waals surface area (Å²) in [5, 5.41) is 2.55. The van der Waals surface area contributed by atoms with Gasteiger partial charge in [0.2, 0.25) is 0 Å². The normalized spacial score (nSPS) is 15.8. The smallest absolute Gasteiger partial charge is 0.267 e. The largest absolute Gasteiger partial charge is 0.372 e. The molecule has 8 heteroatoms. The van der Waals surface area contributed by atoms with Crippen molar-refractivity contribution in [3.63, 3.8) is 0 Å². The van der Waals surface area contributed by atoms with E-state index in [9.17, 15) is 4.79 Å². The van der Waals surface area contributed by atoms with Gasteiger partial charge >= 0.3 is 0 Å². The minimum Gasteiger partial charge on any atom is -0.372 e. The average molecular weight is 532 g/mol. The summed E-state index contributed by atoms with van der Waals surface area (Å²) < 4.78 is 7.80. The van der Waals surface area contributed by atoms with E-state index in [-0.39, 0.29) is 11.7 Å². The van der Waals surface area contributed by atoms with Crippen molar-refractivity contribution in [2.45, 2.75) is 50.8 Å². The molecule has 1 aliphatic heterocycles. The van der Waals surface area contributed by atoms with Crippen LogP contribution >= 0.6 is 46.3 Å². The molecule has 0 N–H and O–H groups in total. The second-order valence-electron chi connectivity index (χ2n) is 8.84. The van der Waals surface area contributed by atoms with Crippen molar-refractivity contribution in [1.82, 2.24) is 9.55 Å². The first kappa shape index (κ1) is 23.9. The van der Waals surface area contributed by atoms with Gasteiger partial charge in [-0.3, -0.25) is 9.36 Å². The molecule has 3 heterocycles. The Kier molecular flexibility index (Phi) is 6.79. The summed E-state index contributed by atoms with van der Waals surface area (Å²) in [5.41, 5.74) is 3.77. The lowest BCUT2D eigenvalue weighted by molar-refractivity contribution is 0.00200. The van der Waals surface area contributed by atoms with Crippen LogP contribution in [0.3, 0.4) is 0 Å². The number of ether oxygens (including phenoxy) is 1. The van der Waals surface area contributed by atoms with Crippen LogP contribution in [-0.4, -0.2) is 15.7 Å². The van der Waals surface area contributed by atoms with Crippen LogP contribution in [0.1, 0.15) is 35.4 Å². The summed E-state index contributed by atoms with van der Waals surface area (Å²) in [5.74, 6) is 0.886. The number of aryl methyl sites for hydroxylation is 1. The lowest BCUT2D eigenvalue weighted by atomic mass is 9.96. The zero-order chi connectivity index (χ0) is 24.0. The molecule has 0 amide bonds. The van der Waals surface area contributed by atoms with Crippen LogP contribution in [0.4, 0.5) is 0 Å². The van der Waals surface area contributed by atoms with E-state index in [0.29, 0.717) is 33.5 Å². The number of thiophene rings is 1. The molecular formula is C26H24Cl2N2O2S2. The van der Waals surface area contributed by atoms with Gasteiger partial charge in [-0.1, -0.05) is 67.0 Å². The van der Waals surface area contributed by atoms with E-state index in [4.69, 9.17) is 32.9 Å². The Hall–Kier alpha value is -1.83. The summed E-state index contributed by atoms with van der Waals surface area (Å²) in [6.45, 7) is 6.86. The van der Waals surface area contributed by atoms with Crippen molar-refractivity contribution < 1.29 is 4.74 Å². The summed E-state index contributed by atoms with van der Waals surface area (Å²) in [7, 11) is 0. The zero-order valence-corrected chi connectivity index (χ0v) is 22.2. The van der Waals surface area contributed by atoms with E-state index in [1.807, 2.05) is 49.4 Å². The van der Waals surface area contributed by atoms with Gasteiger partial charge in [-0.05, 0) is 53.8 Å². The molecule has 0 unspecified atom stereocenters. The molecule has 1 aliphatic rings. The van der Waals surface area contributed by atoms with Crippen LogP contribution in [-0.2, 0) is 23.5 Å². The summed E-state index contributed by atoms with van der Waals surface area (Å²) in [4.78, 5) is 20.9. The third kappa shape index (κ3) is 4.42. The molecule has 34 heavy (non-hydrogen) atoms. The third-order valence-corrected chi connectivity index (χ3v) is 8.89. The van der Waals surface area contributed by atoms with Crippen LogP contribution in [0.5, 0.6) is 0 Å². The second-order valence-corrected chi connectivity index (χ2v) is 11.7. The topological polar surface area (TPSA) is 44.1 Å². The zero-order valence-electron chi connectivity index (χ0n) is 19.1. The van der Waals surface area contributed by atoms with E-state index >= 15 is 0 Å². The molecule has 5 rings (SSSR count). The molecule has 1 atom stereocenters. The number of rotatable bonds is 5. The number of halogens is 2. The van der Waals surface area contributed by atoms with E-state index in [2.05, 4.69) is 13.8 Å². The van der Waals surface area contributed by atoms with Gasteiger partial charge in [0.1, 0.15) is 4.83 Å². The van der Waals surface area contributed by atoms with Crippen molar-refractivity contribution in [3.05, 3.63) is 84.4 Å². The fourth-order valence-corrected chi connectivity index (χ4v) is 7.15. The Morgan fingerprint density at radius 1 is 1.21 bits per heavy atom. The molecule has 2 aromatic heterocycles. The molecule has 4 aromatic rings. The number of benzene rings is 2. The number of nitrogens with zero attached hydrogens (tertiary/aromatic N) is 2. The van der Waals surface area contributed by atoms with Crippen molar-refractivity contribution in [1.29, 1.82) is 0 Å².